The molecule has 0 atom stereocenters. The van der Waals surface area contributed by atoms with Crippen LogP contribution in [0.1, 0.15) is 12.4 Å². The molecule has 0 bridgehead atoms. The molecule has 0 amide bonds. The van der Waals surface area contributed by atoms with Crippen LogP contribution in [0.5, 0.6) is 0 Å². The number of halogens is 4. The summed E-state index contributed by atoms with van der Waals surface area (Å²) in [5, 5.41) is 14.1. The SMILES string of the molecule is Cc1nn(-c2cc([N+](=O)[O-])c(Cl)cc2Cl)c(=O)n1C(F)F. The first-order valence-corrected chi connectivity index (χ1v) is 6.09. The Hall–Kier alpha value is -2.00. The number of aryl methyl sites for hydroxylation is 1. The Morgan fingerprint density at radius 1 is 1.33 bits per heavy atom. The maximum atomic E-state index is 12.7. The predicted octanol–water partition coefficient (Wildman–Crippen LogP) is 2.95. The molecule has 0 aliphatic rings. The van der Waals surface area contributed by atoms with E-state index in [9.17, 15) is 23.7 Å². The van der Waals surface area contributed by atoms with Gasteiger partial charge in [0.1, 0.15) is 10.8 Å². The molecule has 0 spiro atoms. The van der Waals surface area contributed by atoms with Gasteiger partial charge in [-0.3, -0.25) is 10.1 Å². The van der Waals surface area contributed by atoms with E-state index >= 15 is 0 Å². The Morgan fingerprint density at radius 2 is 1.95 bits per heavy atom. The highest BCUT2D eigenvalue weighted by Crippen LogP contribution is 2.32. The number of rotatable bonds is 3. The quantitative estimate of drug-likeness (QED) is 0.636. The number of nitro benzene ring substituents is 1. The number of nitrogens with zero attached hydrogens (tertiary/aromatic N) is 4. The molecule has 2 rings (SSSR count). The van der Waals surface area contributed by atoms with Crippen LogP contribution in [0, 0.1) is 17.0 Å². The van der Waals surface area contributed by atoms with E-state index in [0.717, 1.165) is 12.1 Å². The predicted molar refractivity (Wildman–Crippen MR) is 70.5 cm³/mol. The van der Waals surface area contributed by atoms with Gasteiger partial charge in [0.2, 0.25) is 0 Å². The molecule has 1 aromatic carbocycles. The Labute approximate surface area is 125 Å². The van der Waals surface area contributed by atoms with Crippen molar-refractivity contribution in [3.63, 3.8) is 0 Å². The smallest absolute Gasteiger partial charge is 0.258 e. The standard InChI is InChI=1S/C10H6Cl2F2N4O3/c1-4-15-17(10(19)16(4)9(13)14)7-3-8(18(20)21)6(12)2-5(7)11/h2-3,9H,1H3. The second-order valence-corrected chi connectivity index (χ2v) is 4.72. The molecule has 0 saturated carbocycles. The van der Waals surface area contributed by atoms with E-state index in [1.54, 1.807) is 0 Å². The largest absolute Gasteiger partial charge is 0.355 e. The molecule has 0 unspecified atom stereocenters. The summed E-state index contributed by atoms with van der Waals surface area (Å²) >= 11 is 11.5. The summed E-state index contributed by atoms with van der Waals surface area (Å²) < 4.78 is 26.2. The van der Waals surface area contributed by atoms with Gasteiger partial charge in [-0.1, -0.05) is 23.2 Å². The maximum Gasteiger partial charge on any atom is 0.355 e. The minimum absolute atomic E-state index is 0.133. The van der Waals surface area contributed by atoms with E-state index in [1.165, 1.54) is 6.92 Å². The van der Waals surface area contributed by atoms with E-state index in [1.807, 2.05) is 0 Å². The molecule has 7 nitrogen and oxygen atoms in total. The maximum absolute atomic E-state index is 12.7. The fourth-order valence-corrected chi connectivity index (χ4v) is 2.22. The summed E-state index contributed by atoms with van der Waals surface area (Å²) in [4.78, 5) is 21.9. The molecule has 0 fully saturated rings. The van der Waals surface area contributed by atoms with Crippen LogP contribution in [0.2, 0.25) is 10.0 Å². The van der Waals surface area contributed by atoms with Gasteiger partial charge in [0.25, 0.3) is 5.69 Å². The Kier molecular flexibility index (Phi) is 3.97. The highest BCUT2D eigenvalue weighted by molar-refractivity contribution is 6.37. The minimum atomic E-state index is -3.09. The second-order valence-electron chi connectivity index (χ2n) is 3.90. The first kappa shape index (κ1) is 15.4. The topological polar surface area (TPSA) is 83.0 Å². The van der Waals surface area contributed by atoms with Gasteiger partial charge in [0, 0.05) is 6.07 Å². The van der Waals surface area contributed by atoms with E-state index < -0.39 is 22.8 Å². The fourth-order valence-electron chi connectivity index (χ4n) is 1.69. The molecule has 0 N–H and O–H groups in total. The van der Waals surface area contributed by atoms with Crippen LogP contribution in [0.25, 0.3) is 5.69 Å². The molecule has 2 aromatic rings. The molecule has 21 heavy (non-hydrogen) atoms. The number of aromatic nitrogens is 3. The molecule has 112 valence electrons. The third kappa shape index (κ3) is 2.61. The van der Waals surface area contributed by atoms with E-state index in [0.29, 0.717) is 4.68 Å². The van der Waals surface area contributed by atoms with Crippen LogP contribution in [-0.2, 0) is 0 Å². The van der Waals surface area contributed by atoms with Crippen molar-refractivity contribution in [3.05, 3.63) is 48.6 Å². The zero-order valence-corrected chi connectivity index (χ0v) is 11.8. The van der Waals surface area contributed by atoms with Crippen molar-refractivity contribution in [1.82, 2.24) is 14.3 Å². The molecule has 0 radical (unpaired) electrons. The molecule has 0 aliphatic heterocycles. The average molecular weight is 339 g/mol. The monoisotopic (exact) mass is 338 g/mol. The lowest BCUT2D eigenvalue weighted by Gasteiger charge is -2.04. The van der Waals surface area contributed by atoms with Gasteiger partial charge in [-0.25, -0.2) is 9.36 Å². The first-order chi connectivity index (χ1) is 9.73. The van der Waals surface area contributed by atoms with E-state index in [4.69, 9.17) is 23.2 Å². The number of hydrogen-bond acceptors (Lipinski definition) is 4. The molecular weight excluding hydrogens is 333 g/mol. The van der Waals surface area contributed by atoms with Crippen molar-refractivity contribution < 1.29 is 13.7 Å². The van der Waals surface area contributed by atoms with Gasteiger partial charge in [-0.2, -0.15) is 13.5 Å². The first-order valence-electron chi connectivity index (χ1n) is 5.34. The number of benzene rings is 1. The Morgan fingerprint density at radius 3 is 2.43 bits per heavy atom. The van der Waals surface area contributed by atoms with Gasteiger partial charge < -0.3 is 0 Å². The zero-order chi connectivity index (χ0) is 15.9. The highest BCUT2D eigenvalue weighted by Gasteiger charge is 2.23. The lowest BCUT2D eigenvalue weighted by atomic mass is 10.3. The average Bonchev–Trinajstić information content (AvgIpc) is 2.64. The zero-order valence-electron chi connectivity index (χ0n) is 10.3. The van der Waals surface area contributed by atoms with Crippen LogP contribution in [-0.4, -0.2) is 19.3 Å². The van der Waals surface area contributed by atoms with Gasteiger partial charge in [0.15, 0.2) is 0 Å². The molecule has 0 aliphatic carbocycles. The summed E-state index contributed by atoms with van der Waals surface area (Å²) in [6.07, 6.45) is 0. The minimum Gasteiger partial charge on any atom is -0.258 e. The highest BCUT2D eigenvalue weighted by atomic mass is 35.5. The van der Waals surface area contributed by atoms with Crippen LogP contribution in [0.15, 0.2) is 16.9 Å². The lowest BCUT2D eigenvalue weighted by molar-refractivity contribution is -0.384. The van der Waals surface area contributed by atoms with Gasteiger partial charge in [-0.15, -0.1) is 5.10 Å². The molecular formula is C10H6Cl2F2N4O3. The third-order valence-corrected chi connectivity index (χ3v) is 3.22. The lowest BCUT2D eigenvalue weighted by Crippen LogP contribution is -2.25. The summed E-state index contributed by atoms with van der Waals surface area (Å²) in [6, 6.07) is 1.94. The van der Waals surface area contributed by atoms with Crippen LogP contribution in [0.3, 0.4) is 0 Å². The van der Waals surface area contributed by atoms with E-state index in [-0.39, 0.29) is 26.1 Å². The summed E-state index contributed by atoms with van der Waals surface area (Å²) in [6.45, 7) is -1.89. The third-order valence-electron chi connectivity index (χ3n) is 2.62. The van der Waals surface area contributed by atoms with Crippen LogP contribution >= 0.6 is 23.2 Å². The Bertz CT molecular complexity index is 787. The molecule has 0 saturated heterocycles. The normalized spacial score (nSPS) is 11.1. The second kappa shape index (κ2) is 5.41. The van der Waals surface area contributed by atoms with Crippen molar-refractivity contribution in [3.8, 4) is 5.69 Å². The van der Waals surface area contributed by atoms with Crippen molar-refractivity contribution in [2.75, 3.05) is 0 Å². The van der Waals surface area contributed by atoms with Gasteiger partial charge in [-0.05, 0) is 13.0 Å². The number of hydrogen-bond donors (Lipinski definition) is 0. The summed E-state index contributed by atoms with van der Waals surface area (Å²) in [5.74, 6) is -0.260. The number of nitro groups is 1. The van der Waals surface area contributed by atoms with Crippen molar-refractivity contribution in [1.29, 1.82) is 0 Å². The van der Waals surface area contributed by atoms with Crippen molar-refractivity contribution in [2.24, 2.45) is 0 Å². The van der Waals surface area contributed by atoms with Crippen molar-refractivity contribution in [2.45, 2.75) is 13.5 Å². The van der Waals surface area contributed by atoms with E-state index in [2.05, 4.69) is 5.10 Å². The van der Waals surface area contributed by atoms with Gasteiger partial charge >= 0.3 is 12.2 Å². The Balaban J connectivity index is 2.74. The molecule has 1 aromatic heterocycles. The van der Waals surface area contributed by atoms with Crippen LogP contribution in [0.4, 0.5) is 14.5 Å². The molecule has 1 heterocycles. The van der Waals surface area contributed by atoms with Crippen molar-refractivity contribution >= 4 is 28.9 Å². The van der Waals surface area contributed by atoms with Gasteiger partial charge in [0.05, 0.1) is 15.6 Å². The van der Waals surface area contributed by atoms with Crippen LogP contribution < -0.4 is 5.69 Å². The fraction of sp³-hybridized carbons (Fsp3) is 0.200. The molecule has 11 heteroatoms. The number of alkyl halides is 2. The summed E-state index contributed by atoms with van der Waals surface area (Å²) in [7, 11) is 0. The summed E-state index contributed by atoms with van der Waals surface area (Å²) in [5.41, 5.74) is -1.89.